The maximum absolute atomic E-state index is 13.2. The zero-order valence-corrected chi connectivity index (χ0v) is 19.4. The van der Waals surface area contributed by atoms with Crippen LogP contribution in [0, 0.1) is 0 Å². The predicted molar refractivity (Wildman–Crippen MR) is 110 cm³/mol. The summed E-state index contributed by atoms with van der Waals surface area (Å²) in [5.41, 5.74) is 0.128. The molecular formula is C18H16N3NaO7S. The van der Waals surface area contributed by atoms with Crippen molar-refractivity contribution in [2.24, 2.45) is 10.3 Å². The molecule has 1 N–H and O–H groups in total. The van der Waals surface area contributed by atoms with E-state index in [0.717, 1.165) is 2.81 Å². The van der Waals surface area contributed by atoms with E-state index in [9.17, 15) is 17.8 Å². The fourth-order valence-corrected chi connectivity index (χ4v) is 3.41. The Labute approximate surface area is 189 Å². The van der Waals surface area contributed by atoms with Crippen molar-refractivity contribution in [3.05, 3.63) is 46.6 Å². The summed E-state index contributed by atoms with van der Waals surface area (Å²) in [6, 6.07) is 9.43. The molecule has 1 heterocycles. The van der Waals surface area contributed by atoms with E-state index >= 15 is 0 Å². The molecule has 3 aromatic rings. The summed E-state index contributed by atoms with van der Waals surface area (Å²) in [5, 5.41) is 9.79. The van der Waals surface area contributed by atoms with E-state index in [1.807, 2.05) is 0 Å². The van der Waals surface area contributed by atoms with Crippen molar-refractivity contribution >= 4 is 57.8 Å². The molecule has 152 valence electrons. The summed E-state index contributed by atoms with van der Waals surface area (Å²) >= 11 is 0.667. The fourth-order valence-electron chi connectivity index (χ4n) is 2.69. The molecule has 0 bridgehead atoms. The Morgan fingerprint density at radius 2 is 1.90 bits per heavy atom. The third-order valence-corrected chi connectivity index (χ3v) is 5.29. The minimum absolute atomic E-state index is 0.0359. The van der Waals surface area contributed by atoms with Gasteiger partial charge in [-0.15, -0.1) is 0 Å². The Hall–Kier alpha value is -2.44. The van der Waals surface area contributed by atoms with Crippen LogP contribution in [-0.2, 0) is 10.4 Å². The number of rotatable bonds is 6. The van der Waals surface area contributed by atoms with Crippen molar-refractivity contribution < 1.29 is 26.3 Å². The molecule has 0 unspecified atom stereocenters. The van der Waals surface area contributed by atoms with Gasteiger partial charge in [-0.25, -0.2) is 0 Å². The van der Waals surface area contributed by atoms with Crippen molar-refractivity contribution in [1.29, 1.82) is 0 Å². The third-order valence-electron chi connectivity index (χ3n) is 4.08. The molecule has 2 aromatic carbocycles. The first-order chi connectivity index (χ1) is 14.1. The summed E-state index contributed by atoms with van der Waals surface area (Å²) in [5.74, 6) is -0.275. The topological polar surface area (TPSA) is 131 Å². The van der Waals surface area contributed by atoms with Gasteiger partial charge in [-0.3, -0.25) is 0 Å². The molecule has 10 nitrogen and oxygen atoms in total. The Bertz CT molecular complexity index is 1300. The maximum atomic E-state index is 13.2. The Morgan fingerprint density at radius 1 is 1.17 bits per heavy atom. The van der Waals surface area contributed by atoms with E-state index in [2.05, 4.69) is 14.5 Å². The van der Waals surface area contributed by atoms with Crippen molar-refractivity contribution in [1.82, 2.24) is 5.01 Å². The van der Waals surface area contributed by atoms with Gasteiger partial charge in [0.05, 0.1) is 0 Å². The van der Waals surface area contributed by atoms with Gasteiger partial charge in [0, 0.05) is 0 Å². The monoisotopic (exact) mass is 441 g/mol. The molecule has 30 heavy (non-hydrogen) atoms. The number of hydrogen-bond donors (Lipinski definition) is 1. The average molecular weight is 441 g/mol. The van der Waals surface area contributed by atoms with Crippen LogP contribution in [0.1, 0.15) is 0 Å². The number of hydrogen-bond acceptors (Lipinski definition) is 8. The third kappa shape index (κ3) is 4.99. The van der Waals surface area contributed by atoms with E-state index in [1.165, 1.54) is 24.3 Å². The number of benzene rings is 2. The summed E-state index contributed by atoms with van der Waals surface area (Å²) < 4.78 is 48.0. The summed E-state index contributed by atoms with van der Waals surface area (Å²) in [6.45, 7) is 0. The summed E-state index contributed by atoms with van der Waals surface area (Å²) in [7, 11) is -0.0956. The molecule has 0 atom stereocenters. The van der Waals surface area contributed by atoms with Gasteiger partial charge < -0.3 is 0 Å². The molecule has 12 heteroatoms. The molecule has 0 aliphatic carbocycles. The van der Waals surface area contributed by atoms with Crippen LogP contribution in [-0.4, -0.2) is 67.1 Å². The number of fused-ring (bicyclic) bond motifs is 1. The second kappa shape index (κ2) is 8.74. The Morgan fingerprint density at radius 3 is 2.53 bits per heavy atom. The van der Waals surface area contributed by atoms with Gasteiger partial charge >= 0.3 is 190 Å². The van der Waals surface area contributed by atoms with E-state index < -0.39 is 21.8 Å². The van der Waals surface area contributed by atoms with Crippen LogP contribution in [0.4, 0.5) is 5.69 Å². The van der Waals surface area contributed by atoms with E-state index in [-0.39, 0.29) is 16.5 Å². The summed E-state index contributed by atoms with van der Waals surface area (Å²) in [6.07, 6.45) is 0. The normalized spacial score (nSPS) is 11.8. The van der Waals surface area contributed by atoms with Gasteiger partial charge in [0.2, 0.25) is 0 Å². The minimum atomic E-state index is -4.95. The second-order valence-corrected chi connectivity index (χ2v) is 8.60. The molecule has 0 spiro atoms. The number of ether oxygens (including phenoxy) is 1. The van der Waals surface area contributed by atoms with Crippen LogP contribution in [0.3, 0.4) is 0 Å². The molecule has 0 aliphatic rings. The van der Waals surface area contributed by atoms with Gasteiger partial charge in [-0.2, -0.15) is 0 Å². The van der Waals surface area contributed by atoms with Crippen molar-refractivity contribution in [3.63, 3.8) is 0 Å². The van der Waals surface area contributed by atoms with Crippen LogP contribution in [0.15, 0.2) is 55.9 Å². The van der Waals surface area contributed by atoms with Crippen LogP contribution in [0.2, 0.25) is 0 Å². The average Bonchev–Trinajstić information content (AvgIpc) is 2.66. The van der Waals surface area contributed by atoms with E-state index in [1.54, 1.807) is 38.4 Å². The van der Waals surface area contributed by atoms with Crippen molar-refractivity contribution in [3.8, 4) is 22.8 Å². The first-order valence-electron chi connectivity index (χ1n) is 8.61. The van der Waals surface area contributed by atoms with Gasteiger partial charge in [0.1, 0.15) is 0 Å². The predicted octanol–water partition coefficient (Wildman–Crippen LogP) is 2.00. The van der Waals surface area contributed by atoms with E-state index in [0.29, 0.717) is 44.9 Å². The van der Waals surface area contributed by atoms with Crippen LogP contribution >= 0.6 is 0 Å². The molecule has 1 aromatic heterocycles. The quantitative estimate of drug-likeness (QED) is 0.266. The second-order valence-electron chi connectivity index (χ2n) is 6.50. The zero-order valence-electron chi connectivity index (χ0n) is 16.6. The van der Waals surface area contributed by atoms with E-state index in [4.69, 9.17) is 9.15 Å². The molecule has 0 saturated heterocycles. The standard InChI is InChI=1S/C18H16N3O7S.Na/c1-21(2)20-19-12-6-4-5-11(9-12)16-17(22)14-8-7-13(26-3)10-15(14)27-18(16)28-29(23,24)25;/h4-5,7-10H,1-3H3,(H,23,24,25);. The molecule has 0 fully saturated rings. The Kier molecular flexibility index (Phi) is 6.48. The first-order valence-corrected chi connectivity index (χ1v) is 11.0. The molecule has 3 rings (SSSR count). The molecule has 0 saturated carbocycles. The molecular weight excluding hydrogens is 425 g/mol. The van der Waals surface area contributed by atoms with Crippen molar-refractivity contribution in [2.45, 2.75) is 0 Å². The van der Waals surface area contributed by atoms with Crippen molar-refractivity contribution in [2.75, 3.05) is 21.2 Å². The van der Waals surface area contributed by atoms with Gasteiger partial charge in [0.25, 0.3) is 0 Å². The number of nitrogens with zero attached hydrogens (tertiary/aromatic N) is 3. The molecule has 0 aliphatic heterocycles. The van der Waals surface area contributed by atoms with Gasteiger partial charge in [0.15, 0.2) is 0 Å². The van der Waals surface area contributed by atoms with Gasteiger partial charge in [-0.05, 0) is 0 Å². The van der Waals surface area contributed by atoms with Crippen LogP contribution < -0.4 is 17.2 Å². The van der Waals surface area contributed by atoms with Gasteiger partial charge in [-0.1, -0.05) is 0 Å². The summed E-state index contributed by atoms with van der Waals surface area (Å²) in [4.78, 5) is 13.2. The molecule has 0 amide bonds. The Balaban J connectivity index is 2.31. The SMILES string of the molecule is COc1ccc2c(=O)c(-c3cc[c]([Na])c(N=NN(C)C)c3)c(OS(=O)(=O)O)oc2c1. The zero-order chi connectivity index (χ0) is 22.1. The van der Waals surface area contributed by atoms with Crippen LogP contribution in [0.5, 0.6) is 11.7 Å². The van der Waals surface area contributed by atoms with Crippen LogP contribution in [0.25, 0.3) is 22.1 Å². The molecule has 0 radical (unpaired) electrons. The number of methoxy groups -OCH3 is 1. The first kappa shape index (κ1) is 22.2. The fraction of sp³-hybridized carbons (Fsp3) is 0.167.